The molecule has 27 heavy (non-hydrogen) atoms. The van der Waals surface area contributed by atoms with Crippen molar-refractivity contribution in [2.45, 2.75) is 4.90 Å². The molecule has 1 N–H and O–H groups in total. The van der Waals surface area contributed by atoms with Gasteiger partial charge in [-0.1, -0.05) is 18.2 Å². The summed E-state index contributed by atoms with van der Waals surface area (Å²) >= 11 is 0. The van der Waals surface area contributed by atoms with Crippen LogP contribution in [-0.2, 0) is 9.84 Å². The van der Waals surface area contributed by atoms with Crippen LogP contribution in [0, 0.1) is 5.82 Å². The second-order valence-corrected chi connectivity index (χ2v) is 7.79. The molecule has 0 aliphatic rings. The minimum atomic E-state index is -3.53. The molecule has 1 amide bonds. The van der Waals surface area contributed by atoms with E-state index >= 15 is 0 Å². The van der Waals surface area contributed by atoms with Crippen LogP contribution in [0.3, 0.4) is 0 Å². The third-order valence-corrected chi connectivity index (χ3v) is 4.83. The highest BCUT2D eigenvalue weighted by Crippen LogP contribution is 2.24. The Morgan fingerprint density at radius 2 is 1.63 bits per heavy atom. The van der Waals surface area contributed by atoms with E-state index in [-0.39, 0.29) is 10.5 Å². The molecule has 0 unspecified atom stereocenters. The van der Waals surface area contributed by atoms with Gasteiger partial charge in [0.25, 0.3) is 5.91 Å². The molecule has 0 saturated heterocycles. The first-order chi connectivity index (χ1) is 12.8. The quantitative estimate of drug-likeness (QED) is 0.712. The number of hydrogen-bond acceptors (Lipinski definition) is 4. The molecule has 138 valence electrons. The summed E-state index contributed by atoms with van der Waals surface area (Å²) in [7, 11) is -3.53. The first-order valence-electron chi connectivity index (χ1n) is 7.97. The van der Waals surface area contributed by atoms with Crippen LogP contribution in [-0.4, -0.2) is 20.6 Å². The summed E-state index contributed by atoms with van der Waals surface area (Å²) in [6.07, 6.45) is 1.05. The number of carbonyl (C=O) groups excluding carboxylic acids is 1. The molecule has 0 heterocycles. The highest BCUT2D eigenvalue weighted by Gasteiger charge is 2.18. The van der Waals surface area contributed by atoms with Crippen LogP contribution in [0.2, 0.25) is 0 Å². The number of benzene rings is 3. The molecule has 0 radical (unpaired) electrons. The molecular formula is C20H16FNO4S. The first-order valence-corrected chi connectivity index (χ1v) is 9.86. The predicted molar refractivity (Wildman–Crippen MR) is 100 cm³/mol. The van der Waals surface area contributed by atoms with Crippen LogP contribution >= 0.6 is 0 Å². The van der Waals surface area contributed by atoms with E-state index in [0.29, 0.717) is 17.2 Å². The molecule has 0 spiro atoms. The van der Waals surface area contributed by atoms with Gasteiger partial charge in [0.1, 0.15) is 17.3 Å². The summed E-state index contributed by atoms with van der Waals surface area (Å²) in [6, 6.07) is 18.2. The monoisotopic (exact) mass is 385 g/mol. The van der Waals surface area contributed by atoms with Crippen LogP contribution in [0.4, 0.5) is 10.1 Å². The number of carbonyl (C=O) groups is 1. The molecule has 0 aliphatic heterocycles. The van der Waals surface area contributed by atoms with Crippen molar-refractivity contribution in [3.8, 4) is 11.5 Å². The van der Waals surface area contributed by atoms with Crippen LogP contribution in [0.1, 0.15) is 10.4 Å². The topological polar surface area (TPSA) is 72.5 Å². The van der Waals surface area contributed by atoms with E-state index in [0.717, 1.165) is 6.26 Å². The number of rotatable bonds is 5. The SMILES string of the molecule is CS(=O)(=O)c1ccccc1C(=O)Nc1ccc(Oc2cccc(F)c2)cc1. The Hall–Kier alpha value is -3.19. The second-order valence-electron chi connectivity index (χ2n) is 5.81. The molecule has 0 atom stereocenters. The summed E-state index contributed by atoms with van der Waals surface area (Å²) in [6.45, 7) is 0. The number of sulfone groups is 1. The minimum Gasteiger partial charge on any atom is -0.457 e. The van der Waals surface area contributed by atoms with Gasteiger partial charge in [-0.15, -0.1) is 0 Å². The fourth-order valence-electron chi connectivity index (χ4n) is 2.45. The fraction of sp³-hybridized carbons (Fsp3) is 0.0500. The first kappa shape index (κ1) is 18.6. The van der Waals surface area contributed by atoms with Gasteiger partial charge in [-0.25, -0.2) is 12.8 Å². The van der Waals surface area contributed by atoms with Crippen LogP contribution in [0.15, 0.2) is 77.7 Å². The lowest BCUT2D eigenvalue weighted by Gasteiger charge is -2.10. The maximum Gasteiger partial charge on any atom is 0.256 e. The van der Waals surface area contributed by atoms with Crippen LogP contribution in [0.25, 0.3) is 0 Å². The molecule has 5 nitrogen and oxygen atoms in total. The molecule has 0 aromatic heterocycles. The average molecular weight is 385 g/mol. The molecule has 0 fully saturated rings. The zero-order valence-corrected chi connectivity index (χ0v) is 15.2. The van der Waals surface area contributed by atoms with E-state index in [1.165, 1.54) is 24.3 Å². The van der Waals surface area contributed by atoms with Gasteiger partial charge < -0.3 is 10.1 Å². The van der Waals surface area contributed by atoms with Crippen molar-refractivity contribution in [1.29, 1.82) is 0 Å². The standard InChI is InChI=1S/C20H16FNO4S/c1-27(24,25)19-8-3-2-7-18(19)20(23)22-15-9-11-16(12-10-15)26-17-6-4-5-14(21)13-17/h2-13H,1H3,(H,22,23). The normalized spacial score (nSPS) is 11.0. The van der Waals surface area contributed by atoms with Crippen molar-refractivity contribution in [3.63, 3.8) is 0 Å². The Balaban J connectivity index is 1.75. The van der Waals surface area contributed by atoms with Crippen molar-refractivity contribution in [1.82, 2.24) is 0 Å². The second kappa shape index (κ2) is 7.59. The van der Waals surface area contributed by atoms with Gasteiger partial charge in [0, 0.05) is 18.0 Å². The molecule has 0 aliphatic carbocycles. The van der Waals surface area contributed by atoms with Crippen molar-refractivity contribution in [2.24, 2.45) is 0 Å². The van der Waals surface area contributed by atoms with Crippen LogP contribution in [0.5, 0.6) is 11.5 Å². The van der Waals surface area contributed by atoms with Gasteiger partial charge in [-0.2, -0.15) is 0 Å². The van der Waals surface area contributed by atoms with Gasteiger partial charge in [0.15, 0.2) is 9.84 Å². The van der Waals surface area contributed by atoms with Gasteiger partial charge in [-0.3, -0.25) is 4.79 Å². The number of amides is 1. The molecule has 3 rings (SSSR count). The molecule has 7 heteroatoms. The Bertz CT molecular complexity index is 1080. The zero-order valence-electron chi connectivity index (χ0n) is 14.3. The van der Waals surface area contributed by atoms with E-state index in [9.17, 15) is 17.6 Å². The lowest BCUT2D eigenvalue weighted by molar-refractivity contribution is 0.102. The number of nitrogens with one attached hydrogen (secondary N) is 1. The minimum absolute atomic E-state index is 0.0337. The maximum absolute atomic E-state index is 13.2. The molecular weight excluding hydrogens is 369 g/mol. The lowest BCUT2D eigenvalue weighted by Crippen LogP contribution is -2.15. The van der Waals surface area contributed by atoms with Crippen molar-refractivity contribution < 1.29 is 22.3 Å². The van der Waals surface area contributed by atoms with Crippen LogP contribution < -0.4 is 10.1 Å². The molecule has 3 aromatic carbocycles. The highest BCUT2D eigenvalue weighted by atomic mass is 32.2. The smallest absolute Gasteiger partial charge is 0.256 e. The van der Waals surface area contributed by atoms with Crippen molar-refractivity contribution in [2.75, 3.05) is 11.6 Å². The van der Waals surface area contributed by atoms with Crippen molar-refractivity contribution >= 4 is 21.4 Å². The average Bonchev–Trinajstić information content (AvgIpc) is 2.63. The van der Waals surface area contributed by atoms with Gasteiger partial charge in [0.2, 0.25) is 0 Å². The van der Waals surface area contributed by atoms with E-state index < -0.39 is 21.6 Å². The third kappa shape index (κ3) is 4.71. The van der Waals surface area contributed by atoms with E-state index in [2.05, 4.69) is 5.32 Å². The van der Waals surface area contributed by atoms with Gasteiger partial charge in [-0.05, 0) is 48.5 Å². The largest absolute Gasteiger partial charge is 0.457 e. The van der Waals surface area contributed by atoms with Gasteiger partial charge >= 0.3 is 0 Å². The van der Waals surface area contributed by atoms with Crippen molar-refractivity contribution in [3.05, 3.63) is 84.2 Å². The molecule has 0 bridgehead atoms. The highest BCUT2D eigenvalue weighted by molar-refractivity contribution is 7.90. The Morgan fingerprint density at radius 1 is 0.926 bits per heavy atom. The predicted octanol–water partition coefficient (Wildman–Crippen LogP) is 4.27. The number of ether oxygens (including phenoxy) is 1. The third-order valence-electron chi connectivity index (χ3n) is 3.68. The Labute approximate surface area is 156 Å². The summed E-state index contributed by atoms with van der Waals surface area (Å²) in [5.41, 5.74) is 0.537. The Morgan fingerprint density at radius 3 is 2.30 bits per heavy atom. The van der Waals surface area contributed by atoms with E-state index in [1.807, 2.05) is 0 Å². The molecule has 0 saturated carbocycles. The van der Waals surface area contributed by atoms with E-state index in [4.69, 9.17) is 4.74 Å². The maximum atomic E-state index is 13.2. The number of anilines is 1. The zero-order chi connectivity index (χ0) is 19.4. The summed E-state index contributed by atoms with van der Waals surface area (Å²) in [4.78, 5) is 12.4. The Kier molecular flexibility index (Phi) is 5.23. The summed E-state index contributed by atoms with van der Waals surface area (Å²) in [5, 5.41) is 2.65. The fourth-order valence-corrected chi connectivity index (χ4v) is 3.33. The summed E-state index contributed by atoms with van der Waals surface area (Å²) in [5.74, 6) is -0.111. The molecule has 3 aromatic rings. The number of hydrogen-bond donors (Lipinski definition) is 1. The van der Waals surface area contributed by atoms with Gasteiger partial charge in [0.05, 0.1) is 10.5 Å². The summed E-state index contributed by atoms with van der Waals surface area (Å²) < 4.78 is 42.4. The van der Waals surface area contributed by atoms with E-state index in [1.54, 1.807) is 48.5 Å². The number of halogens is 1. The lowest BCUT2D eigenvalue weighted by atomic mass is 10.2.